The van der Waals surface area contributed by atoms with Crippen LogP contribution in [0.5, 0.6) is 5.75 Å². The lowest BCUT2D eigenvalue weighted by atomic mass is 9.87. The molecule has 2 fully saturated rings. The maximum absolute atomic E-state index is 15.1. The van der Waals surface area contributed by atoms with E-state index in [-0.39, 0.29) is 29.9 Å². The summed E-state index contributed by atoms with van der Waals surface area (Å²) in [5, 5.41) is 0. The molecule has 2 aliphatic heterocycles. The Bertz CT molecular complexity index is 975. The summed E-state index contributed by atoms with van der Waals surface area (Å²) in [5.74, 6) is 0.0758. The van der Waals surface area contributed by atoms with E-state index in [2.05, 4.69) is 9.98 Å². The van der Waals surface area contributed by atoms with Crippen molar-refractivity contribution in [3.63, 3.8) is 0 Å². The van der Waals surface area contributed by atoms with Crippen molar-refractivity contribution in [1.29, 1.82) is 0 Å². The molecule has 0 unspecified atom stereocenters. The van der Waals surface area contributed by atoms with Crippen LogP contribution in [-0.4, -0.2) is 53.4 Å². The molecule has 34 heavy (non-hydrogen) atoms. The van der Waals surface area contributed by atoms with Crippen LogP contribution in [-0.2, 0) is 4.74 Å². The number of halogens is 1. The molecule has 1 spiro atoms. The van der Waals surface area contributed by atoms with Gasteiger partial charge in [-0.3, -0.25) is 4.90 Å². The summed E-state index contributed by atoms with van der Waals surface area (Å²) in [6.07, 6.45) is 5.35. The van der Waals surface area contributed by atoms with Crippen LogP contribution in [0.25, 0.3) is 0 Å². The first-order valence-electron chi connectivity index (χ1n) is 12.0. The Morgan fingerprint density at radius 2 is 1.82 bits per heavy atom. The van der Waals surface area contributed by atoms with E-state index in [9.17, 15) is 4.79 Å². The van der Waals surface area contributed by atoms with E-state index in [1.807, 2.05) is 20.8 Å². The largest absolute Gasteiger partial charge is 0.487 e. The summed E-state index contributed by atoms with van der Waals surface area (Å²) in [7, 11) is 0. The highest BCUT2D eigenvalue weighted by molar-refractivity contribution is 6.05. The molecule has 186 valence electrons. The highest BCUT2D eigenvalue weighted by atomic mass is 19.1. The minimum Gasteiger partial charge on any atom is -0.487 e. The van der Waals surface area contributed by atoms with Crippen LogP contribution in [0.2, 0.25) is 0 Å². The van der Waals surface area contributed by atoms with Crippen LogP contribution in [0, 0.1) is 5.82 Å². The topological polar surface area (TPSA) is 119 Å². The molecule has 2 heterocycles. The molecule has 4 rings (SSSR count). The Balaban J connectivity index is 1.43. The molecule has 4 N–H and O–H groups in total. The quantitative estimate of drug-likeness (QED) is 0.689. The first-order valence-corrected chi connectivity index (χ1v) is 12.0. The number of likely N-dealkylation sites (tertiary alicyclic amines) is 1. The average Bonchev–Trinajstić information content (AvgIpc) is 2.75. The van der Waals surface area contributed by atoms with Gasteiger partial charge in [0, 0.05) is 37.7 Å². The van der Waals surface area contributed by atoms with Crippen LogP contribution in [0.3, 0.4) is 0 Å². The van der Waals surface area contributed by atoms with E-state index in [0.29, 0.717) is 31.6 Å². The Morgan fingerprint density at radius 1 is 1.15 bits per heavy atom. The van der Waals surface area contributed by atoms with Gasteiger partial charge in [-0.15, -0.1) is 0 Å². The highest BCUT2D eigenvalue weighted by Crippen LogP contribution is 2.40. The molecule has 1 aromatic rings. The minimum absolute atomic E-state index is 0.161. The van der Waals surface area contributed by atoms with Gasteiger partial charge >= 0.3 is 6.09 Å². The number of hydrogen-bond donors (Lipinski definition) is 2. The molecule has 1 saturated heterocycles. The van der Waals surface area contributed by atoms with Crippen molar-refractivity contribution in [2.75, 3.05) is 18.0 Å². The van der Waals surface area contributed by atoms with Crippen molar-refractivity contribution in [2.45, 2.75) is 83.1 Å². The number of aliphatic imine (C=N–C) groups is 2. The third kappa shape index (κ3) is 5.20. The fourth-order valence-corrected chi connectivity index (χ4v) is 4.88. The molecular formula is C24H35FN6O3. The van der Waals surface area contributed by atoms with Gasteiger partial charge in [0.25, 0.3) is 0 Å². The molecule has 0 aromatic heterocycles. The summed E-state index contributed by atoms with van der Waals surface area (Å²) in [4.78, 5) is 24.5. The number of rotatable bonds is 3. The zero-order chi connectivity index (χ0) is 24.5. The maximum Gasteiger partial charge on any atom is 0.410 e. The Hall–Kier alpha value is -3.04. The second-order valence-corrected chi connectivity index (χ2v) is 10.2. The predicted molar refractivity (Wildman–Crippen MR) is 129 cm³/mol. The zero-order valence-electron chi connectivity index (χ0n) is 20.2. The molecule has 1 aromatic carbocycles. The van der Waals surface area contributed by atoms with Gasteiger partial charge in [0.15, 0.2) is 11.6 Å². The molecule has 0 atom stereocenters. The average molecular weight is 475 g/mol. The molecule has 0 radical (unpaired) electrons. The Morgan fingerprint density at radius 3 is 2.44 bits per heavy atom. The molecule has 1 amide bonds. The van der Waals surface area contributed by atoms with E-state index < -0.39 is 17.1 Å². The number of guanidine groups is 2. The van der Waals surface area contributed by atoms with Crippen molar-refractivity contribution >= 4 is 23.7 Å². The second kappa shape index (κ2) is 9.31. The van der Waals surface area contributed by atoms with Crippen LogP contribution in [0.15, 0.2) is 28.2 Å². The summed E-state index contributed by atoms with van der Waals surface area (Å²) >= 11 is 0. The predicted octanol–water partition coefficient (Wildman–Crippen LogP) is 3.71. The van der Waals surface area contributed by atoms with Crippen molar-refractivity contribution in [3.05, 3.63) is 24.0 Å². The standard InChI is InChI=1S/C24H35FN6O3/c1-23(2,3)34-22(32)30-13-9-17(10-14-30)33-19-8-7-16(15-18(19)25)31-21(27)28-20(26)29-24(31)11-5-4-6-12-24/h7-8,15,17H,4-6,9-14H2,1-3H3,(H4,26,27,28,29). The lowest BCUT2D eigenvalue weighted by Crippen LogP contribution is -2.58. The summed E-state index contributed by atoms with van der Waals surface area (Å²) in [5.41, 5.74) is 11.6. The number of anilines is 1. The van der Waals surface area contributed by atoms with E-state index in [0.717, 1.165) is 32.1 Å². The van der Waals surface area contributed by atoms with Crippen molar-refractivity contribution in [2.24, 2.45) is 21.5 Å². The van der Waals surface area contributed by atoms with E-state index in [1.54, 1.807) is 21.9 Å². The van der Waals surface area contributed by atoms with Crippen molar-refractivity contribution < 1.29 is 18.7 Å². The lowest BCUT2D eigenvalue weighted by Gasteiger charge is -2.45. The van der Waals surface area contributed by atoms with Gasteiger partial charge < -0.3 is 25.8 Å². The van der Waals surface area contributed by atoms with Gasteiger partial charge in [0.1, 0.15) is 17.4 Å². The van der Waals surface area contributed by atoms with Gasteiger partial charge in [-0.05, 0) is 58.6 Å². The highest BCUT2D eigenvalue weighted by Gasteiger charge is 2.42. The third-order valence-corrected chi connectivity index (χ3v) is 6.41. The van der Waals surface area contributed by atoms with Gasteiger partial charge in [-0.1, -0.05) is 6.42 Å². The van der Waals surface area contributed by atoms with Gasteiger partial charge in [0.2, 0.25) is 11.9 Å². The van der Waals surface area contributed by atoms with Crippen molar-refractivity contribution in [3.8, 4) is 5.75 Å². The molecule has 10 heteroatoms. The molecule has 0 bridgehead atoms. The fraction of sp³-hybridized carbons (Fsp3) is 0.625. The van der Waals surface area contributed by atoms with Crippen LogP contribution in [0.1, 0.15) is 65.7 Å². The number of carbonyl (C=O) groups is 1. The van der Waals surface area contributed by atoms with Crippen LogP contribution in [0.4, 0.5) is 14.9 Å². The first kappa shape index (κ1) is 24.1. The number of nitrogens with zero attached hydrogens (tertiary/aromatic N) is 4. The Kier molecular flexibility index (Phi) is 6.60. The molecule has 3 aliphatic rings. The van der Waals surface area contributed by atoms with E-state index in [4.69, 9.17) is 20.9 Å². The number of carbonyl (C=O) groups excluding carboxylic acids is 1. The third-order valence-electron chi connectivity index (χ3n) is 6.41. The van der Waals surface area contributed by atoms with Crippen LogP contribution < -0.4 is 21.1 Å². The van der Waals surface area contributed by atoms with Gasteiger partial charge in [0.05, 0.1) is 0 Å². The van der Waals surface area contributed by atoms with E-state index >= 15 is 4.39 Å². The lowest BCUT2D eigenvalue weighted by molar-refractivity contribution is 0.0123. The van der Waals surface area contributed by atoms with Crippen molar-refractivity contribution in [1.82, 2.24) is 4.90 Å². The summed E-state index contributed by atoms with van der Waals surface area (Å²) < 4.78 is 26.5. The fourth-order valence-electron chi connectivity index (χ4n) is 4.88. The number of benzene rings is 1. The molecule has 1 saturated carbocycles. The first-order chi connectivity index (χ1) is 16.1. The number of amides is 1. The second-order valence-electron chi connectivity index (χ2n) is 10.2. The summed E-state index contributed by atoms with van der Waals surface area (Å²) in [6, 6.07) is 4.82. The van der Waals surface area contributed by atoms with E-state index in [1.165, 1.54) is 6.07 Å². The number of nitrogens with two attached hydrogens (primary N) is 2. The van der Waals surface area contributed by atoms with Gasteiger partial charge in [-0.25, -0.2) is 14.2 Å². The van der Waals surface area contributed by atoms with Gasteiger partial charge in [-0.2, -0.15) is 4.99 Å². The molecule has 1 aliphatic carbocycles. The molecule has 9 nitrogen and oxygen atoms in total. The SMILES string of the molecule is CC(C)(C)OC(=O)N1CCC(Oc2ccc(N3C(N)=NC(N)=NC34CCCCC4)cc2F)CC1. The monoisotopic (exact) mass is 474 g/mol. The Labute approximate surface area is 200 Å². The zero-order valence-corrected chi connectivity index (χ0v) is 20.2. The molecular weight excluding hydrogens is 439 g/mol. The number of hydrogen-bond acceptors (Lipinski definition) is 8. The minimum atomic E-state index is -0.628. The maximum atomic E-state index is 15.1. The normalized spacial score (nSPS) is 21.2. The smallest absolute Gasteiger partial charge is 0.410 e. The number of ether oxygens (including phenoxy) is 2. The van der Waals surface area contributed by atoms with Crippen LogP contribution >= 0.6 is 0 Å². The number of piperidine rings is 1. The summed E-state index contributed by atoms with van der Waals surface area (Å²) in [6.45, 7) is 6.53.